The number of hydrogen-bond donors (Lipinski definition) is 6. The van der Waals surface area contributed by atoms with Crippen molar-refractivity contribution < 1.29 is 49.3 Å². The highest BCUT2D eigenvalue weighted by molar-refractivity contribution is 5.80. The van der Waals surface area contributed by atoms with Crippen LogP contribution in [0.5, 0.6) is 0 Å². The van der Waals surface area contributed by atoms with Gasteiger partial charge >= 0.3 is 5.97 Å². The molecule has 0 aromatic rings. The highest BCUT2D eigenvalue weighted by atomic mass is 16.7. The van der Waals surface area contributed by atoms with Crippen LogP contribution in [0.15, 0.2) is 48.6 Å². The molecule has 11 heteroatoms. The van der Waals surface area contributed by atoms with E-state index in [0.717, 1.165) is 77.0 Å². The van der Waals surface area contributed by atoms with Crippen LogP contribution in [0.1, 0.15) is 303 Å². The van der Waals surface area contributed by atoms with Crippen LogP contribution in [0.3, 0.4) is 0 Å². The van der Waals surface area contributed by atoms with E-state index in [-0.39, 0.29) is 19.4 Å². The van der Waals surface area contributed by atoms with Crippen molar-refractivity contribution in [3.05, 3.63) is 48.6 Å². The average molecular weight is 1100 g/mol. The fraction of sp³-hybridized carbons (Fsp3) is 0.851. The van der Waals surface area contributed by atoms with Crippen molar-refractivity contribution in [3.63, 3.8) is 0 Å². The first-order valence-electron chi connectivity index (χ1n) is 32.9. The molecular weight excluding hydrogens is 979 g/mol. The van der Waals surface area contributed by atoms with Crippen LogP contribution in [0.4, 0.5) is 0 Å². The molecule has 0 spiro atoms. The van der Waals surface area contributed by atoms with E-state index in [0.29, 0.717) is 12.8 Å². The van der Waals surface area contributed by atoms with Gasteiger partial charge in [-0.2, -0.15) is 0 Å². The summed E-state index contributed by atoms with van der Waals surface area (Å²) in [6.45, 7) is 5.78. The number of aliphatic hydroxyl groups excluding tert-OH is 5. The van der Waals surface area contributed by atoms with Crippen molar-refractivity contribution >= 4 is 11.9 Å². The van der Waals surface area contributed by atoms with Crippen molar-refractivity contribution in [2.24, 2.45) is 0 Å². The minimum absolute atomic E-state index is 0.119. The lowest BCUT2D eigenvalue weighted by molar-refractivity contribution is -0.305. The summed E-state index contributed by atoms with van der Waals surface area (Å²) in [5.41, 5.74) is 0. The largest absolute Gasteiger partial charge is 0.454 e. The van der Waals surface area contributed by atoms with E-state index in [4.69, 9.17) is 14.2 Å². The van der Waals surface area contributed by atoms with Gasteiger partial charge in [-0.3, -0.25) is 9.59 Å². The van der Waals surface area contributed by atoms with Gasteiger partial charge in [-0.25, -0.2) is 0 Å². The molecule has 0 bridgehead atoms. The molecule has 1 saturated heterocycles. The van der Waals surface area contributed by atoms with E-state index < -0.39 is 67.4 Å². The molecule has 1 heterocycles. The first-order chi connectivity index (χ1) is 38.2. The summed E-state index contributed by atoms with van der Waals surface area (Å²) >= 11 is 0. The zero-order chi connectivity index (χ0) is 56.8. The lowest BCUT2D eigenvalue weighted by Gasteiger charge is -2.41. The average Bonchev–Trinajstić information content (AvgIpc) is 3.45. The second kappa shape index (κ2) is 55.2. The number of unbranched alkanes of at least 4 members (excludes halogenated alkanes) is 36. The van der Waals surface area contributed by atoms with Gasteiger partial charge in [0.2, 0.25) is 5.91 Å². The summed E-state index contributed by atoms with van der Waals surface area (Å²) in [6, 6.07) is -1.03. The van der Waals surface area contributed by atoms with Gasteiger partial charge in [0.1, 0.15) is 24.4 Å². The van der Waals surface area contributed by atoms with Gasteiger partial charge in [0.15, 0.2) is 12.4 Å². The fourth-order valence-electron chi connectivity index (χ4n) is 10.2. The van der Waals surface area contributed by atoms with Crippen molar-refractivity contribution in [3.8, 4) is 0 Å². The lowest BCUT2D eigenvalue weighted by Crippen LogP contribution is -2.61. The van der Waals surface area contributed by atoms with Crippen molar-refractivity contribution in [1.82, 2.24) is 5.32 Å². The Bertz CT molecular complexity index is 1450. The summed E-state index contributed by atoms with van der Waals surface area (Å²) in [6.07, 6.45) is 57.1. The molecule has 1 aliphatic heterocycles. The molecule has 0 aromatic heterocycles. The summed E-state index contributed by atoms with van der Waals surface area (Å²) < 4.78 is 17.7. The maximum atomic E-state index is 13.4. The van der Waals surface area contributed by atoms with Crippen LogP contribution in [0, 0.1) is 0 Å². The van der Waals surface area contributed by atoms with Crippen LogP contribution < -0.4 is 5.32 Å². The maximum Gasteiger partial charge on any atom is 0.306 e. The summed E-state index contributed by atoms with van der Waals surface area (Å²) in [5.74, 6) is -1.19. The summed E-state index contributed by atoms with van der Waals surface area (Å²) in [7, 11) is 0. The Morgan fingerprint density at radius 2 is 0.885 bits per heavy atom. The standard InChI is InChI=1S/C67H123NO10/c1-4-7-10-13-16-19-22-25-27-29-31-33-35-37-40-43-46-49-52-55-62(72)78-65-64(74)63(73)61(56-69)77-67(65)76-57-58(59(70)53-50-47-44-41-38-24-21-18-15-12-9-6-3)68-66(75)60(71)54-51-48-45-42-39-36-34-32-30-28-26-23-20-17-14-11-8-5-2/h16,19,25-28,50,53,58-61,63-65,67,69-71,73-74H,4-15,17-18,20-24,29-49,51-52,54-57H2,1-3H3,(H,68,75)/b19-16-,27-25-,28-26+,53-50+. The number of ether oxygens (including phenoxy) is 3. The maximum absolute atomic E-state index is 13.4. The van der Waals surface area contributed by atoms with Crippen molar-refractivity contribution in [2.75, 3.05) is 13.2 Å². The number of nitrogens with one attached hydrogen (secondary N) is 1. The number of esters is 1. The Hall–Kier alpha value is -2.38. The first kappa shape index (κ1) is 73.6. The van der Waals surface area contributed by atoms with E-state index in [9.17, 15) is 35.1 Å². The molecule has 78 heavy (non-hydrogen) atoms. The fourth-order valence-corrected chi connectivity index (χ4v) is 10.2. The van der Waals surface area contributed by atoms with Gasteiger partial charge in [-0.15, -0.1) is 0 Å². The molecule has 0 radical (unpaired) electrons. The third kappa shape index (κ3) is 42.5. The van der Waals surface area contributed by atoms with Gasteiger partial charge in [0.05, 0.1) is 25.4 Å². The molecule has 8 unspecified atom stereocenters. The number of amides is 1. The normalized spacial score (nSPS) is 19.2. The minimum atomic E-state index is -1.62. The number of rotatable bonds is 56. The highest BCUT2D eigenvalue weighted by Crippen LogP contribution is 2.26. The molecule has 0 aromatic carbocycles. The molecule has 0 saturated carbocycles. The van der Waals surface area contributed by atoms with Gasteiger partial charge in [0.25, 0.3) is 0 Å². The summed E-state index contributed by atoms with van der Waals surface area (Å²) in [5, 5.41) is 57.1. The Morgan fingerprint density at radius 3 is 1.35 bits per heavy atom. The predicted octanol–water partition coefficient (Wildman–Crippen LogP) is 16.0. The number of aliphatic hydroxyl groups is 5. The topological polar surface area (TPSA) is 175 Å². The third-order valence-electron chi connectivity index (χ3n) is 15.5. The number of hydrogen-bond acceptors (Lipinski definition) is 10. The Balaban J connectivity index is 2.64. The van der Waals surface area contributed by atoms with E-state index in [1.807, 2.05) is 6.08 Å². The van der Waals surface area contributed by atoms with Crippen LogP contribution in [-0.2, 0) is 23.8 Å². The zero-order valence-corrected chi connectivity index (χ0v) is 50.5. The molecule has 0 aliphatic carbocycles. The predicted molar refractivity (Wildman–Crippen MR) is 324 cm³/mol. The molecule has 8 atom stereocenters. The Labute approximate surface area is 478 Å². The van der Waals surface area contributed by atoms with Gasteiger partial charge in [-0.1, -0.05) is 262 Å². The molecule has 1 aliphatic rings. The minimum Gasteiger partial charge on any atom is -0.454 e. The monoisotopic (exact) mass is 1100 g/mol. The van der Waals surface area contributed by atoms with E-state index in [2.05, 4.69) is 62.5 Å². The van der Waals surface area contributed by atoms with Crippen LogP contribution in [0.25, 0.3) is 0 Å². The smallest absolute Gasteiger partial charge is 0.306 e. The number of carbonyl (C=O) groups excluding carboxylic acids is 2. The van der Waals surface area contributed by atoms with Crippen LogP contribution in [-0.4, -0.2) is 99.6 Å². The van der Waals surface area contributed by atoms with E-state index >= 15 is 0 Å². The van der Waals surface area contributed by atoms with Gasteiger partial charge < -0.3 is 45.1 Å². The van der Waals surface area contributed by atoms with Gasteiger partial charge in [-0.05, 0) is 83.5 Å². The van der Waals surface area contributed by atoms with Crippen LogP contribution in [0.2, 0.25) is 0 Å². The molecule has 1 fully saturated rings. The van der Waals surface area contributed by atoms with Crippen molar-refractivity contribution in [2.45, 2.75) is 352 Å². The zero-order valence-electron chi connectivity index (χ0n) is 50.5. The molecular formula is C67H123NO10. The third-order valence-corrected chi connectivity index (χ3v) is 15.5. The van der Waals surface area contributed by atoms with Gasteiger partial charge in [0, 0.05) is 6.42 Å². The lowest BCUT2D eigenvalue weighted by atomic mass is 9.99. The quantitative estimate of drug-likeness (QED) is 0.0195. The Kier molecular flexibility index (Phi) is 52.1. The second-order valence-corrected chi connectivity index (χ2v) is 22.8. The molecule has 456 valence electrons. The van der Waals surface area contributed by atoms with Crippen LogP contribution >= 0.6 is 0 Å². The van der Waals surface area contributed by atoms with E-state index in [1.165, 1.54) is 180 Å². The van der Waals surface area contributed by atoms with E-state index in [1.54, 1.807) is 6.08 Å². The molecule has 11 nitrogen and oxygen atoms in total. The van der Waals surface area contributed by atoms with Crippen molar-refractivity contribution in [1.29, 1.82) is 0 Å². The molecule has 6 N–H and O–H groups in total. The molecule has 1 amide bonds. The SMILES string of the molecule is CCCCC/C=C\C/C=C\CCCCCCCCCCCC(=O)OC1C(OCC(NC(=O)C(O)CCCCCCCCCC/C=C/CCCCCCCC)C(O)/C=C/CCCCCCCCCCCC)OC(CO)C(O)C1O. The Morgan fingerprint density at radius 1 is 0.500 bits per heavy atom. The molecule has 1 rings (SSSR count). The summed E-state index contributed by atoms with van der Waals surface area (Å²) in [4.78, 5) is 26.6. The highest BCUT2D eigenvalue weighted by Gasteiger charge is 2.47. The number of carbonyl (C=O) groups is 2. The second-order valence-electron chi connectivity index (χ2n) is 22.8. The number of allylic oxidation sites excluding steroid dienone is 7. The first-order valence-corrected chi connectivity index (χ1v) is 32.9.